The fourth-order valence-corrected chi connectivity index (χ4v) is 15.4. The van der Waals surface area contributed by atoms with Crippen LogP contribution < -0.4 is 6.15 Å². The third kappa shape index (κ3) is 10.9. The van der Waals surface area contributed by atoms with Gasteiger partial charge in [-0.25, -0.2) is 0 Å². The number of benzene rings is 2. The van der Waals surface area contributed by atoms with Gasteiger partial charge in [0, 0.05) is 0 Å². The second-order valence-corrected chi connectivity index (χ2v) is 20.2. The molecular formula is C34H56O2Sn. The molecular weight excluding hydrogens is 559 g/mol. The Labute approximate surface area is 234 Å². The molecule has 0 aliphatic heterocycles. The standard InChI is InChI=1S/2C9H12O.2C8H17.Sn/c2*1-3-8-7(2)5-4-6-9(8)10;2*1-3-5-7-8-6-4-2;/h2*4-6,10H,3H2,1-2H3;2*1,3-8H2,2H3;/q;;;;+2/p-2. The van der Waals surface area contributed by atoms with Gasteiger partial charge in [-0.05, 0) is 0 Å². The van der Waals surface area contributed by atoms with E-state index in [9.17, 15) is 0 Å². The second-order valence-electron chi connectivity index (χ2n) is 11.0. The molecule has 2 rings (SSSR count). The summed E-state index contributed by atoms with van der Waals surface area (Å²) in [5, 5.41) is 0. The first-order valence-corrected chi connectivity index (χ1v) is 21.9. The van der Waals surface area contributed by atoms with Crippen LogP contribution in [0.3, 0.4) is 0 Å². The van der Waals surface area contributed by atoms with Crippen LogP contribution in [0, 0.1) is 13.8 Å². The molecule has 0 amide bonds. The predicted octanol–water partition coefficient (Wildman–Crippen LogP) is 11.0. The third-order valence-electron chi connectivity index (χ3n) is 7.86. The molecule has 37 heavy (non-hydrogen) atoms. The molecule has 0 unspecified atom stereocenters. The van der Waals surface area contributed by atoms with Crippen LogP contribution in [0.1, 0.15) is 127 Å². The molecule has 0 aliphatic rings. The molecule has 0 heterocycles. The fraction of sp³-hybridized carbons (Fsp3) is 0.647. The molecule has 2 nitrogen and oxygen atoms in total. The quantitative estimate of drug-likeness (QED) is 0.109. The van der Waals surface area contributed by atoms with Gasteiger partial charge in [0.1, 0.15) is 0 Å². The molecule has 0 bridgehead atoms. The van der Waals surface area contributed by atoms with Crippen LogP contribution in [-0.2, 0) is 12.8 Å². The van der Waals surface area contributed by atoms with Gasteiger partial charge in [-0.1, -0.05) is 0 Å². The van der Waals surface area contributed by atoms with E-state index >= 15 is 0 Å². The van der Waals surface area contributed by atoms with Gasteiger partial charge < -0.3 is 0 Å². The molecule has 3 heteroatoms. The Hall–Kier alpha value is -1.16. The van der Waals surface area contributed by atoms with Crippen LogP contribution in [0.15, 0.2) is 36.4 Å². The van der Waals surface area contributed by atoms with Crippen molar-refractivity contribution in [3.05, 3.63) is 58.7 Å². The van der Waals surface area contributed by atoms with E-state index in [1.54, 1.807) is 0 Å². The van der Waals surface area contributed by atoms with Gasteiger partial charge >= 0.3 is 236 Å². The summed E-state index contributed by atoms with van der Waals surface area (Å²) in [6.07, 6.45) is 17.7. The predicted molar refractivity (Wildman–Crippen MR) is 164 cm³/mol. The number of unbranched alkanes of at least 4 members (excludes halogenated alkanes) is 10. The van der Waals surface area contributed by atoms with Crippen molar-refractivity contribution in [3.8, 4) is 11.5 Å². The van der Waals surface area contributed by atoms with Crippen LogP contribution in [0.2, 0.25) is 8.87 Å². The van der Waals surface area contributed by atoms with E-state index < -0.39 is 19.2 Å². The van der Waals surface area contributed by atoms with Crippen LogP contribution in [0.25, 0.3) is 0 Å². The zero-order valence-corrected chi connectivity index (χ0v) is 27.9. The molecule has 0 spiro atoms. The van der Waals surface area contributed by atoms with Crippen molar-refractivity contribution in [2.45, 2.75) is 140 Å². The molecule has 0 radical (unpaired) electrons. The maximum atomic E-state index is 7.29. The second kappa shape index (κ2) is 18.2. The Bertz CT molecular complexity index is 818. The monoisotopic (exact) mass is 616 g/mol. The zero-order valence-electron chi connectivity index (χ0n) is 25.1. The first-order chi connectivity index (χ1) is 18.0. The van der Waals surface area contributed by atoms with Gasteiger partial charge in [-0.3, -0.25) is 0 Å². The summed E-state index contributed by atoms with van der Waals surface area (Å²) in [6.45, 7) is 13.5. The summed E-state index contributed by atoms with van der Waals surface area (Å²) in [6, 6.07) is 13.2. The molecule has 0 aromatic heterocycles. The summed E-state index contributed by atoms with van der Waals surface area (Å²) in [5.41, 5.74) is 5.39. The molecule has 2 aromatic carbocycles. The van der Waals surface area contributed by atoms with Crippen LogP contribution in [0.5, 0.6) is 11.5 Å². The first-order valence-electron chi connectivity index (χ1n) is 15.5. The first kappa shape index (κ1) is 32.1. The summed E-state index contributed by atoms with van der Waals surface area (Å²) < 4.78 is 16.9. The Kier molecular flexibility index (Phi) is 15.8. The summed E-state index contributed by atoms with van der Waals surface area (Å²) >= 11 is -3.54. The Morgan fingerprint density at radius 1 is 0.514 bits per heavy atom. The van der Waals surface area contributed by atoms with Crippen LogP contribution >= 0.6 is 0 Å². The van der Waals surface area contributed by atoms with Crippen molar-refractivity contribution in [2.24, 2.45) is 0 Å². The zero-order chi connectivity index (χ0) is 26.9. The molecule has 0 fully saturated rings. The molecule has 0 saturated heterocycles. The molecule has 2 aromatic rings. The molecule has 0 N–H and O–H groups in total. The van der Waals surface area contributed by atoms with E-state index in [1.807, 2.05) is 0 Å². The summed E-state index contributed by atoms with van der Waals surface area (Å²) in [4.78, 5) is 0. The van der Waals surface area contributed by atoms with Gasteiger partial charge in [-0.2, -0.15) is 0 Å². The number of hydrogen-bond donors (Lipinski definition) is 0. The number of rotatable bonds is 20. The molecule has 208 valence electrons. The SMILES string of the molecule is CCCCCCC[CH2][Sn]([CH2]CCCCCCC)([O]c1cccc(C)c1CC)[O]c1cccc(C)c1CC. The van der Waals surface area contributed by atoms with E-state index in [0.29, 0.717) is 0 Å². The maximum absolute atomic E-state index is 7.29. The normalized spacial score (nSPS) is 11.6. The van der Waals surface area contributed by atoms with Gasteiger partial charge in [0.25, 0.3) is 0 Å². The Morgan fingerprint density at radius 3 is 1.27 bits per heavy atom. The van der Waals surface area contributed by atoms with Gasteiger partial charge in [0.05, 0.1) is 0 Å². The van der Waals surface area contributed by atoms with Gasteiger partial charge in [0.15, 0.2) is 0 Å². The van der Waals surface area contributed by atoms with Crippen molar-refractivity contribution in [1.29, 1.82) is 0 Å². The van der Waals surface area contributed by atoms with Gasteiger partial charge in [-0.15, -0.1) is 0 Å². The van der Waals surface area contributed by atoms with Crippen molar-refractivity contribution < 1.29 is 6.15 Å². The van der Waals surface area contributed by atoms with E-state index in [0.717, 1.165) is 33.2 Å². The van der Waals surface area contributed by atoms with Crippen molar-refractivity contribution in [3.63, 3.8) is 0 Å². The minimum absolute atomic E-state index is 1.00. The van der Waals surface area contributed by atoms with E-state index in [-0.39, 0.29) is 0 Å². The van der Waals surface area contributed by atoms with Crippen LogP contribution in [0.4, 0.5) is 0 Å². The van der Waals surface area contributed by atoms with E-state index in [1.165, 1.54) is 99.3 Å². The number of aryl methyl sites for hydroxylation is 2. The van der Waals surface area contributed by atoms with Crippen LogP contribution in [-0.4, -0.2) is 19.2 Å². The third-order valence-corrected chi connectivity index (χ3v) is 17.6. The van der Waals surface area contributed by atoms with E-state index in [2.05, 4.69) is 77.9 Å². The Morgan fingerprint density at radius 2 is 0.892 bits per heavy atom. The summed E-state index contributed by atoms with van der Waals surface area (Å²) in [7, 11) is 0. The molecule has 0 saturated carbocycles. The van der Waals surface area contributed by atoms with Crippen molar-refractivity contribution in [2.75, 3.05) is 0 Å². The Balaban J connectivity index is 2.37. The van der Waals surface area contributed by atoms with Gasteiger partial charge in [0.2, 0.25) is 0 Å². The average molecular weight is 616 g/mol. The molecule has 0 aliphatic carbocycles. The molecule has 0 atom stereocenters. The topological polar surface area (TPSA) is 18.5 Å². The van der Waals surface area contributed by atoms with Crippen molar-refractivity contribution >= 4 is 19.2 Å². The van der Waals surface area contributed by atoms with Crippen molar-refractivity contribution in [1.82, 2.24) is 0 Å². The average Bonchev–Trinajstić information content (AvgIpc) is 2.88. The minimum atomic E-state index is -3.54. The fourth-order valence-electron chi connectivity index (χ4n) is 5.55. The summed E-state index contributed by atoms with van der Waals surface area (Å²) in [5.74, 6) is 2.20. The number of hydrogen-bond acceptors (Lipinski definition) is 2. The van der Waals surface area contributed by atoms with E-state index in [4.69, 9.17) is 6.15 Å².